The molecule has 2 heterocycles. The van der Waals surface area contributed by atoms with Gasteiger partial charge in [0.1, 0.15) is 23.3 Å². The molecule has 1 amide bonds. The lowest BCUT2D eigenvalue weighted by atomic mass is 10.1. The number of likely N-dealkylation sites (N-methyl/N-ethyl adjacent to an activating group) is 1. The van der Waals surface area contributed by atoms with Crippen molar-refractivity contribution >= 4 is 22.7 Å². The number of benzene rings is 2. The fourth-order valence-corrected chi connectivity index (χ4v) is 5.25. The first-order chi connectivity index (χ1) is 21.7. The Balaban J connectivity index is 0.00000134. The molecule has 0 aliphatic carbocycles. The third-order valence-electron chi connectivity index (χ3n) is 6.24. The molecule has 45 heavy (non-hydrogen) atoms. The minimum atomic E-state index is -0.663. The molecule has 1 N–H and O–H groups in total. The molecule has 1 aliphatic rings. The zero-order valence-corrected chi connectivity index (χ0v) is 27.9. The summed E-state index contributed by atoms with van der Waals surface area (Å²) < 4.78 is 49.1. The van der Waals surface area contributed by atoms with Crippen LogP contribution in [0.2, 0.25) is 0 Å². The number of carbonyl (C=O) groups is 1. The number of fused-ring (bicyclic) bond motifs is 1. The molecule has 1 aromatic heterocycles. The van der Waals surface area contributed by atoms with E-state index in [1.165, 1.54) is 18.3 Å². The Bertz CT molecular complexity index is 1460. The number of halogens is 3. The van der Waals surface area contributed by atoms with Gasteiger partial charge in [0, 0.05) is 52.5 Å². The Labute approximate surface area is 268 Å². The van der Waals surface area contributed by atoms with Crippen LogP contribution in [0.1, 0.15) is 61.3 Å². The van der Waals surface area contributed by atoms with Gasteiger partial charge >= 0.3 is 0 Å². The molecule has 11 heteroatoms. The molecule has 1 aliphatic heterocycles. The predicted octanol–water partition coefficient (Wildman–Crippen LogP) is 7.65. The van der Waals surface area contributed by atoms with Crippen LogP contribution in [0, 0.1) is 17.0 Å². The molecule has 0 fully saturated rings. The molecule has 0 saturated carbocycles. The Morgan fingerprint density at radius 1 is 1.02 bits per heavy atom. The largest absolute Gasteiger partial charge is 0.483 e. The Morgan fingerprint density at radius 2 is 1.67 bits per heavy atom. The number of nitrogens with zero attached hydrogens (tertiary/aromatic N) is 2. The van der Waals surface area contributed by atoms with Crippen LogP contribution in [-0.2, 0) is 24.3 Å². The number of carbonyl (C=O) groups excluding carboxylic acids is 1. The zero-order chi connectivity index (χ0) is 33.9. The van der Waals surface area contributed by atoms with Crippen molar-refractivity contribution in [3.8, 4) is 5.75 Å². The number of aromatic nitrogens is 1. The first kappa shape index (κ1) is 39.2. The maximum atomic E-state index is 14.3. The monoisotopic (exact) mass is 647 g/mol. The van der Waals surface area contributed by atoms with E-state index in [9.17, 15) is 22.8 Å². The van der Waals surface area contributed by atoms with Crippen molar-refractivity contribution < 1.29 is 27.4 Å². The number of hydrogen-bond acceptors (Lipinski definition) is 6. The predicted molar refractivity (Wildman–Crippen MR) is 177 cm³/mol. The molecule has 4 rings (SSSR count). The topological polar surface area (TPSA) is 84.6 Å². The lowest BCUT2D eigenvalue weighted by Gasteiger charge is -2.30. The van der Waals surface area contributed by atoms with Crippen LogP contribution in [0.15, 0.2) is 70.5 Å². The van der Waals surface area contributed by atoms with Crippen molar-refractivity contribution in [2.75, 3.05) is 34.5 Å². The molecule has 0 radical (unpaired) electrons. The third kappa shape index (κ3) is 11.2. The Hall–Kier alpha value is -3.83. The third-order valence-corrected chi connectivity index (χ3v) is 7.23. The second-order valence-electron chi connectivity index (χ2n) is 9.23. The molecule has 2 aromatic carbocycles. The highest BCUT2D eigenvalue weighted by molar-refractivity contribution is 8.17. The first-order valence-electron chi connectivity index (χ1n) is 14.6. The van der Waals surface area contributed by atoms with Crippen LogP contribution in [0.5, 0.6) is 5.75 Å². The van der Waals surface area contributed by atoms with Crippen LogP contribution in [0.3, 0.4) is 0 Å². The van der Waals surface area contributed by atoms with Gasteiger partial charge in [0.05, 0.1) is 12.7 Å². The molecule has 246 valence electrons. The van der Waals surface area contributed by atoms with E-state index in [4.69, 9.17) is 10.1 Å². The number of nitrogens with one attached hydrogen (secondary N) is 1. The fraction of sp³-hybridized carbons (Fsp3) is 0.382. The summed E-state index contributed by atoms with van der Waals surface area (Å²) in [5, 5.41) is 8.73. The number of rotatable bonds is 9. The molecule has 7 nitrogen and oxygen atoms in total. The summed E-state index contributed by atoms with van der Waals surface area (Å²) in [6, 6.07) is 12.7. The van der Waals surface area contributed by atoms with Gasteiger partial charge in [-0.25, -0.2) is 8.78 Å². The van der Waals surface area contributed by atoms with Crippen molar-refractivity contribution in [1.29, 1.82) is 5.41 Å². The van der Waals surface area contributed by atoms with E-state index in [1.54, 1.807) is 23.7 Å². The maximum Gasteiger partial charge on any atom is 0.274 e. The van der Waals surface area contributed by atoms with Crippen LogP contribution >= 0.6 is 11.8 Å². The number of hydrogen-bond donors (Lipinski definition) is 1. The molecule has 0 bridgehead atoms. The Kier molecular flexibility index (Phi) is 18.3. The van der Waals surface area contributed by atoms with Gasteiger partial charge in [-0.2, -0.15) is 0 Å². The minimum Gasteiger partial charge on any atom is -0.483 e. The summed E-state index contributed by atoms with van der Waals surface area (Å²) in [5.74, 6) is -1.69. The van der Waals surface area contributed by atoms with Gasteiger partial charge in [-0.1, -0.05) is 75.0 Å². The standard InChI is InChI=1S/C29H29F2N3O3S.C2H6O.C2H6.CH3F/c1-3-8-22(15-20-11-12-21(30)16-24(20)31)38-28(32)23-17-34-14-13-33(4-2)29(36)25(34)27(26(23)35)37-18-19-9-6-5-7-10-19;1-3-2;2*1-2/h5-12,16-17,32H,3-4,13-15,18H2,1-2H3;1-2H3;1-2H3;1H3/b22-8+,32-28?;;;. The summed E-state index contributed by atoms with van der Waals surface area (Å²) in [6.07, 6.45) is 4.18. The van der Waals surface area contributed by atoms with Crippen molar-refractivity contribution in [1.82, 2.24) is 9.47 Å². The normalized spacial score (nSPS) is 12.0. The van der Waals surface area contributed by atoms with Gasteiger partial charge in [-0.05, 0) is 35.4 Å². The molecule has 3 aromatic rings. The van der Waals surface area contributed by atoms with Gasteiger partial charge in [0.25, 0.3) is 5.91 Å². The van der Waals surface area contributed by atoms with Crippen LogP contribution in [0.25, 0.3) is 0 Å². The van der Waals surface area contributed by atoms with Crippen molar-refractivity contribution in [2.45, 2.75) is 53.7 Å². The van der Waals surface area contributed by atoms with Crippen LogP contribution in [0.4, 0.5) is 13.2 Å². The van der Waals surface area contributed by atoms with Crippen molar-refractivity contribution in [3.05, 3.63) is 110 Å². The number of allylic oxidation sites excluding steroid dienone is 2. The zero-order valence-electron chi connectivity index (χ0n) is 27.1. The van der Waals surface area contributed by atoms with E-state index < -0.39 is 17.1 Å². The van der Waals surface area contributed by atoms with Crippen LogP contribution < -0.4 is 10.2 Å². The van der Waals surface area contributed by atoms with Crippen molar-refractivity contribution in [2.24, 2.45) is 0 Å². The van der Waals surface area contributed by atoms with E-state index in [2.05, 4.69) is 4.74 Å². The van der Waals surface area contributed by atoms with Gasteiger partial charge in [0.15, 0.2) is 11.4 Å². The van der Waals surface area contributed by atoms with Gasteiger partial charge in [0.2, 0.25) is 5.43 Å². The number of ether oxygens (including phenoxy) is 2. The smallest absolute Gasteiger partial charge is 0.274 e. The van der Waals surface area contributed by atoms with E-state index >= 15 is 0 Å². The molecule has 0 saturated heterocycles. The highest BCUT2D eigenvalue weighted by Gasteiger charge is 2.31. The average molecular weight is 648 g/mol. The summed E-state index contributed by atoms with van der Waals surface area (Å²) in [4.78, 5) is 29.2. The quantitative estimate of drug-likeness (QED) is 0.191. The SMILES string of the molecule is CC.CC/C=C(\Cc1ccc(F)cc1F)SC(=N)c1cn2c(c(OCc3ccccc3)c1=O)C(=O)N(CC)CC2.CF.COC. The Morgan fingerprint density at radius 3 is 2.24 bits per heavy atom. The molecule has 0 unspecified atom stereocenters. The van der Waals surface area contributed by atoms with Crippen LogP contribution in [-0.4, -0.2) is 54.9 Å². The average Bonchev–Trinajstić information content (AvgIpc) is 3.05. The van der Waals surface area contributed by atoms with Gasteiger partial charge < -0.3 is 18.9 Å². The highest BCUT2D eigenvalue weighted by atomic mass is 32.2. The fourth-order valence-electron chi connectivity index (χ4n) is 4.26. The maximum absolute atomic E-state index is 14.3. The van der Waals surface area contributed by atoms with E-state index in [0.717, 1.165) is 23.4 Å². The number of amides is 1. The van der Waals surface area contributed by atoms with Crippen molar-refractivity contribution in [3.63, 3.8) is 0 Å². The van der Waals surface area contributed by atoms with E-state index in [0.29, 0.717) is 43.7 Å². The second-order valence-corrected chi connectivity index (χ2v) is 10.4. The number of thioether (sulfide) groups is 1. The second kappa shape index (κ2) is 21.0. The van der Waals surface area contributed by atoms with E-state index in [1.807, 2.05) is 64.1 Å². The van der Waals surface area contributed by atoms with Gasteiger partial charge in [-0.15, -0.1) is 0 Å². The number of pyridine rings is 1. The minimum absolute atomic E-state index is 0.0394. The molecule has 0 spiro atoms. The molecular formula is C34H44F3N3O4S. The molecular weight excluding hydrogens is 603 g/mol. The summed E-state index contributed by atoms with van der Waals surface area (Å²) in [6.45, 7) is 9.33. The van der Waals surface area contributed by atoms with Gasteiger partial charge in [-0.3, -0.25) is 19.4 Å². The lowest BCUT2D eigenvalue weighted by molar-refractivity contribution is 0.0704. The number of methoxy groups -OCH3 is 1. The summed E-state index contributed by atoms with van der Waals surface area (Å²) >= 11 is 1.04. The number of alkyl halides is 1. The summed E-state index contributed by atoms with van der Waals surface area (Å²) in [7, 11) is 3.75. The molecule has 0 atom stereocenters. The van der Waals surface area contributed by atoms with E-state index in [-0.39, 0.29) is 41.0 Å². The first-order valence-corrected chi connectivity index (χ1v) is 15.5. The highest BCUT2D eigenvalue weighted by Crippen LogP contribution is 2.29. The summed E-state index contributed by atoms with van der Waals surface area (Å²) in [5.41, 5.74) is 0.871. The lowest BCUT2D eigenvalue weighted by Crippen LogP contribution is -2.42.